The van der Waals surface area contributed by atoms with Gasteiger partial charge in [-0.1, -0.05) is 24.3 Å². The molecule has 1 heterocycles. The summed E-state index contributed by atoms with van der Waals surface area (Å²) in [4.78, 5) is 52.6. The Morgan fingerprint density at radius 1 is 1.11 bits per heavy atom. The summed E-state index contributed by atoms with van der Waals surface area (Å²) < 4.78 is 0. The van der Waals surface area contributed by atoms with E-state index in [2.05, 4.69) is 15.6 Å². The van der Waals surface area contributed by atoms with Crippen LogP contribution in [0, 0.1) is 22.0 Å². The third-order valence-electron chi connectivity index (χ3n) is 5.98. The first-order chi connectivity index (χ1) is 18.2. The van der Waals surface area contributed by atoms with E-state index in [4.69, 9.17) is 0 Å². The standard InChI is InChI=1S/C26H24N4O6S2/c1-15(23(31)29-26-28-22(14-37-26)16-5-4-6-18(13-16)30(35)36)38-19-11-9-17(10-12-19)27-24(32)20-7-2-3-8-21(20)25(33)34/h2-6,9-15,20-21H,7-8H2,1H3,(H,27,32)(H,33,34)(H,28,29,31). The van der Waals surface area contributed by atoms with E-state index in [-0.39, 0.29) is 17.5 Å². The second kappa shape index (κ2) is 12.0. The maximum Gasteiger partial charge on any atom is 0.307 e. The van der Waals surface area contributed by atoms with E-state index in [0.717, 1.165) is 4.90 Å². The van der Waals surface area contributed by atoms with E-state index in [9.17, 15) is 29.6 Å². The number of aromatic nitrogens is 1. The van der Waals surface area contributed by atoms with E-state index < -0.39 is 28.0 Å². The highest BCUT2D eigenvalue weighted by atomic mass is 32.2. The Balaban J connectivity index is 1.32. The minimum absolute atomic E-state index is 0.0349. The van der Waals surface area contributed by atoms with E-state index in [1.165, 1.54) is 35.2 Å². The van der Waals surface area contributed by atoms with Crippen molar-refractivity contribution in [3.05, 3.63) is 76.2 Å². The lowest BCUT2D eigenvalue weighted by atomic mass is 9.82. The number of hydrogen-bond acceptors (Lipinski definition) is 8. The largest absolute Gasteiger partial charge is 0.481 e. The molecule has 3 unspecified atom stereocenters. The van der Waals surface area contributed by atoms with Gasteiger partial charge < -0.3 is 15.7 Å². The molecular weight excluding hydrogens is 528 g/mol. The summed E-state index contributed by atoms with van der Waals surface area (Å²) in [5.74, 6) is -2.93. The number of amides is 2. The number of nitrogens with zero attached hydrogens (tertiary/aromatic N) is 2. The van der Waals surface area contributed by atoms with Gasteiger partial charge in [0.2, 0.25) is 11.8 Å². The van der Waals surface area contributed by atoms with Crippen LogP contribution < -0.4 is 10.6 Å². The number of anilines is 2. The highest BCUT2D eigenvalue weighted by Crippen LogP contribution is 2.30. The summed E-state index contributed by atoms with van der Waals surface area (Å²) >= 11 is 2.56. The van der Waals surface area contributed by atoms with Gasteiger partial charge in [0.25, 0.3) is 5.69 Å². The van der Waals surface area contributed by atoms with Crippen molar-refractivity contribution in [1.82, 2.24) is 4.98 Å². The number of carbonyl (C=O) groups is 3. The van der Waals surface area contributed by atoms with Crippen LogP contribution in [-0.2, 0) is 14.4 Å². The molecule has 10 nitrogen and oxygen atoms in total. The normalized spacial score (nSPS) is 17.4. The van der Waals surface area contributed by atoms with Crippen molar-refractivity contribution in [2.24, 2.45) is 11.8 Å². The fraction of sp³-hybridized carbons (Fsp3) is 0.231. The van der Waals surface area contributed by atoms with Gasteiger partial charge in [-0.25, -0.2) is 4.98 Å². The molecule has 3 atom stereocenters. The van der Waals surface area contributed by atoms with Crippen molar-refractivity contribution in [2.75, 3.05) is 10.6 Å². The number of nitro groups is 1. The third-order valence-corrected chi connectivity index (χ3v) is 7.85. The van der Waals surface area contributed by atoms with Crippen molar-refractivity contribution >= 4 is 57.4 Å². The number of rotatable bonds is 9. The molecule has 1 aliphatic carbocycles. The zero-order chi connectivity index (χ0) is 27.2. The first-order valence-corrected chi connectivity index (χ1v) is 13.4. The number of hydrogen-bond donors (Lipinski definition) is 3. The van der Waals surface area contributed by atoms with Crippen LogP contribution in [0.5, 0.6) is 0 Å². The number of carboxylic acid groups (broad SMARTS) is 1. The monoisotopic (exact) mass is 552 g/mol. The summed E-state index contributed by atoms with van der Waals surface area (Å²) in [5, 5.41) is 27.6. The zero-order valence-electron chi connectivity index (χ0n) is 20.2. The van der Waals surface area contributed by atoms with Crippen LogP contribution in [0.1, 0.15) is 19.8 Å². The summed E-state index contributed by atoms with van der Waals surface area (Å²) in [6.45, 7) is 1.76. The molecule has 38 heavy (non-hydrogen) atoms. The first-order valence-electron chi connectivity index (χ1n) is 11.7. The average molecular weight is 553 g/mol. The molecule has 0 fully saturated rings. The van der Waals surface area contributed by atoms with E-state index >= 15 is 0 Å². The molecule has 0 aliphatic heterocycles. The van der Waals surface area contributed by atoms with Crippen molar-refractivity contribution in [2.45, 2.75) is 29.9 Å². The van der Waals surface area contributed by atoms with E-state index in [1.807, 2.05) is 6.08 Å². The minimum Gasteiger partial charge on any atom is -0.481 e. The number of non-ortho nitro benzene ring substituents is 1. The Bertz CT molecular complexity index is 1390. The van der Waals surface area contributed by atoms with Gasteiger partial charge in [0, 0.05) is 33.7 Å². The molecule has 2 amide bonds. The molecule has 0 bridgehead atoms. The van der Waals surface area contributed by atoms with Crippen LogP contribution in [0.3, 0.4) is 0 Å². The lowest BCUT2D eigenvalue weighted by molar-refractivity contribution is -0.384. The average Bonchev–Trinajstić information content (AvgIpc) is 3.38. The SMILES string of the molecule is CC(Sc1ccc(NC(=O)C2CC=CCC2C(=O)O)cc1)C(=O)Nc1nc(-c2cccc([N+](=O)[O-])c2)cs1. The fourth-order valence-corrected chi connectivity index (χ4v) is 5.53. The Morgan fingerprint density at radius 3 is 2.50 bits per heavy atom. The lowest BCUT2D eigenvalue weighted by Gasteiger charge is -2.24. The van der Waals surface area contributed by atoms with Crippen molar-refractivity contribution in [3.8, 4) is 11.3 Å². The molecular formula is C26H24N4O6S2. The molecule has 0 spiro atoms. The first kappa shape index (κ1) is 27.0. The number of nitro benzene ring substituents is 1. The Labute approximate surface area is 226 Å². The molecule has 3 N–H and O–H groups in total. The fourth-order valence-electron chi connectivity index (χ4n) is 3.94. The minimum atomic E-state index is -0.980. The Morgan fingerprint density at radius 2 is 1.82 bits per heavy atom. The maximum atomic E-state index is 12.7. The van der Waals surface area contributed by atoms with E-state index in [0.29, 0.717) is 34.9 Å². The van der Waals surface area contributed by atoms with Crippen LogP contribution in [0.4, 0.5) is 16.5 Å². The van der Waals surface area contributed by atoms with Gasteiger partial charge >= 0.3 is 5.97 Å². The van der Waals surface area contributed by atoms with Gasteiger partial charge in [0.1, 0.15) is 0 Å². The lowest BCUT2D eigenvalue weighted by Crippen LogP contribution is -2.34. The van der Waals surface area contributed by atoms with Gasteiger partial charge in [-0.3, -0.25) is 24.5 Å². The number of aliphatic carboxylic acids is 1. The van der Waals surface area contributed by atoms with Crippen LogP contribution in [0.15, 0.2) is 71.0 Å². The number of nitrogens with one attached hydrogen (secondary N) is 2. The van der Waals surface area contributed by atoms with Gasteiger partial charge in [-0.15, -0.1) is 23.1 Å². The van der Waals surface area contributed by atoms with Gasteiger partial charge in [0.15, 0.2) is 5.13 Å². The van der Waals surface area contributed by atoms with Gasteiger partial charge in [0.05, 0.1) is 27.7 Å². The van der Waals surface area contributed by atoms with Crippen LogP contribution >= 0.6 is 23.1 Å². The predicted molar refractivity (Wildman–Crippen MR) is 146 cm³/mol. The quantitative estimate of drug-likeness (QED) is 0.137. The molecule has 0 saturated heterocycles. The number of carbonyl (C=O) groups excluding carboxylic acids is 2. The predicted octanol–water partition coefficient (Wildman–Crippen LogP) is 5.44. The van der Waals surface area contributed by atoms with Gasteiger partial charge in [-0.2, -0.15) is 0 Å². The second-order valence-corrected chi connectivity index (χ2v) is 10.9. The second-order valence-electron chi connectivity index (χ2n) is 8.60. The van der Waals surface area contributed by atoms with Gasteiger partial charge in [-0.05, 0) is 44.0 Å². The van der Waals surface area contributed by atoms with Crippen molar-refractivity contribution in [3.63, 3.8) is 0 Å². The summed E-state index contributed by atoms with van der Waals surface area (Å²) in [5.41, 5.74) is 1.63. The number of thioether (sulfide) groups is 1. The summed E-state index contributed by atoms with van der Waals surface area (Å²) in [6.07, 6.45) is 4.34. The summed E-state index contributed by atoms with van der Waals surface area (Å²) in [7, 11) is 0. The topological polar surface area (TPSA) is 152 Å². The van der Waals surface area contributed by atoms with Crippen molar-refractivity contribution < 1.29 is 24.4 Å². The molecule has 0 saturated carbocycles. The van der Waals surface area contributed by atoms with Crippen molar-refractivity contribution in [1.29, 1.82) is 0 Å². The Kier molecular flexibility index (Phi) is 8.54. The molecule has 3 aromatic rings. The molecule has 0 radical (unpaired) electrons. The zero-order valence-corrected chi connectivity index (χ0v) is 21.8. The molecule has 1 aromatic heterocycles. The maximum absolute atomic E-state index is 12.7. The molecule has 4 rings (SSSR count). The highest BCUT2D eigenvalue weighted by Gasteiger charge is 2.34. The number of thiazole rings is 1. The summed E-state index contributed by atoms with van der Waals surface area (Å²) in [6, 6.07) is 13.1. The third kappa shape index (κ3) is 6.64. The van der Waals surface area contributed by atoms with Crippen LogP contribution in [-0.4, -0.2) is 38.0 Å². The molecule has 2 aromatic carbocycles. The molecule has 1 aliphatic rings. The Hall–Kier alpha value is -4.03. The van der Waals surface area contributed by atoms with Crippen LogP contribution in [0.25, 0.3) is 11.3 Å². The number of allylic oxidation sites excluding steroid dienone is 2. The highest BCUT2D eigenvalue weighted by molar-refractivity contribution is 8.00. The molecule has 12 heteroatoms. The van der Waals surface area contributed by atoms with Crippen LogP contribution in [0.2, 0.25) is 0 Å². The molecule has 196 valence electrons. The number of carboxylic acids is 1. The smallest absolute Gasteiger partial charge is 0.307 e. The number of benzene rings is 2. The van der Waals surface area contributed by atoms with E-state index in [1.54, 1.807) is 54.8 Å².